The maximum atomic E-state index is 12.5. The Kier molecular flexibility index (Phi) is 9.38. The number of ether oxygens (including phenoxy) is 5. The molecule has 0 saturated heterocycles. The lowest BCUT2D eigenvalue weighted by molar-refractivity contribution is -0.137. The van der Waals surface area contributed by atoms with Crippen molar-refractivity contribution in [1.82, 2.24) is 9.55 Å². The van der Waals surface area contributed by atoms with E-state index in [9.17, 15) is 14.7 Å². The Morgan fingerprint density at radius 3 is 2.51 bits per heavy atom. The van der Waals surface area contributed by atoms with Crippen LogP contribution in [0, 0.1) is 0 Å². The van der Waals surface area contributed by atoms with Crippen molar-refractivity contribution in [2.24, 2.45) is 0 Å². The Morgan fingerprint density at radius 2 is 1.85 bits per heavy atom. The van der Waals surface area contributed by atoms with E-state index >= 15 is 0 Å². The van der Waals surface area contributed by atoms with Crippen molar-refractivity contribution >= 4 is 18.0 Å². The van der Waals surface area contributed by atoms with Gasteiger partial charge in [0.2, 0.25) is 6.79 Å². The fourth-order valence-electron chi connectivity index (χ4n) is 4.47. The largest absolute Gasteiger partial charge is 0.497 e. The summed E-state index contributed by atoms with van der Waals surface area (Å²) in [6.45, 7) is 4.35. The molecule has 1 unspecified atom stereocenters. The predicted molar refractivity (Wildman–Crippen MR) is 150 cm³/mol. The molecule has 0 saturated carbocycles. The first kappa shape index (κ1) is 29.3. The summed E-state index contributed by atoms with van der Waals surface area (Å²) in [7, 11) is 3.06. The summed E-state index contributed by atoms with van der Waals surface area (Å²) in [4.78, 5) is 28.1. The summed E-state index contributed by atoms with van der Waals surface area (Å²) in [5, 5.41) is 19.2. The lowest BCUT2D eigenvalue weighted by Gasteiger charge is -2.19. The molecule has 0 bridgehead atoms. The van der Waals surface area contributed by atoms with Gasteiger partial charge in [0.05, 0.1) is 38.4 Å². The Hall–Kier alpha value is -4.67. The first-order valence-corrected chi connectivity index (χ1v) is 13.3. The molecular formula is C30H34N2O9. The molecule has 0 radical (unpaired) electrons. The lowest BCUT2D eigenvalue weighted by atomic mass is 10.0. The molecule has 41 heavy (non-hydrogen) atoms. The molecule has 0 fully saturated rings. The second kappa shape index (κ2) is 13.1. The summed E-state index contributed by atoms with van der Waals surface area (Å²) in [5.41, 5.74) is 1.91. The quantitative estimate of drug-likeness (QED) is 0.200. The molecule has 2 heterocycles. The zero-order valence-corrected chi connectivity index (χ0v) is 23.5. The maximum Gasteiger partial charge on any atom is 0.331 e. The molecule has 2 N–H and O–H groups in total. The molecule has 1 atom stereocenters. The molecule has 2 aromatic carbocycles. The molecular weight excluding hydrogens is 532 g/mol. The minimum atomic E-state index is -1.09. The standard InChI is InChI=1S/C30H34N2O9/c1-5-18(2)29-31-16-21(32(29)23-9-8-22(37-3)14-25(23)39-10-6-7-28(33)34)12-20(30(35)36)11-19-13-26-27(41-17-40-26)15-24(19)38-4/h8-9,12-16,18H,5-7,10-11,17H2,1-4H3,(H,33,34)(H,35,36). The third kappa shape index (κ3) is 6.74. The van der Waals surface area contributed by atoms with Crippen LogP contribution >= 0.6 is 0 Å². The van der Waals surface area contributed by atoms with Gasteiger partial charge < -0.3 is 33.9 Å². The van der Waals surface area contributed by atoms with E-state index in [4.69, 9.17) is 28.8 Å². The fourth-order valence-corrected chi connectivity index (χ4v) is 4.47. The monoisotopic (exact) mass is 566 g/mol. The zero-order chi connectivity index (χ0) is 29.5. The van der Waals surface area contributed by atoms with Crippen LogP contribution in [0.3, 0.4) is 0 Å². The van der Waals surface area contributed by atoms with E-state index in [1.165, 1.54) is 7.11 Å². The van der Waals surface area contributed by atoms with Crippen LogP contribution < -0.4 is 23.7 Å². The summed E-state index contributed by atoms with van der Waals surface area (Å²) in [6.07, 6.45) is 4.37. The van der Waals surface area contributed by atoms with Gasteiger partial charge in [-0.2, -0.15) is 0 Å². The van der Waals surface area contributed by atoms with Gasteiger partial charge in [0.15, 0.2) is 11.5 Å². The van der Waals surface area contributed by atoms with Crippen LogP contribution in [0.5, 0.6) is 28.7 Å². The maximum absolute atomic E-state index is 12.5. The van der Waals surface area contributed by atoms with Gasteiger partial charge in [0.1, 0.15) is 23.1 Å². The van der Waals surface area contributed by atoms with E-state index in [0.717, 1.165) is 12.2 Å². The second-order valence-electron chi connectivity index (χ2n) is 9.53. The van der Waals surface area contributed by atoms with Crippen LogP contribution in [0.1, 0.15) is 56.1 Å². The number of aliphatic carboxylic acids is 2. The average Bonchev–Trinajstić information content (AvgIpc) is 3.60. The minimum Gasteiger partial charge on any atom is -0.497 e. The van der Waals surface area contributed by atoms with E-state index in [-0.39, 0.29) is 37.7 Å². The van der Waals surface area contributed by atoms with Crippen molar-refractivity contribution in [2.45, 2.75) is 45.4 Å². The van der Waals surface area contributed by atoms with Crippen molar-refractivity contribution in [3.63, 3.8) is 0 Å². The first-order chi connectivity index (χ1) is 19.7. The highest BCUT2D eigenvalue weighted by Crippen LogP contribution is 2.39. The fraction of sp³-hybridized carbons (Fsp3) is 0.367. The molecule has 1 aliphatic rings. The number of benzene rings is 2. The number of hydrogen-bond acceptors (Lipinski definition) is 8. The molecule has 0 aliphatic carbocycles. The van der Waals surface area contributed by atoms with Crippen molar-refractivity contribution < 1.29 is 43.5 Å². The molecule has 3 aromatic rings. The molecule has 11 nitrogen and oxygen atoms in total. The van der Waals surface area contributed by atoms with Crippen LogP contribution in [-0.4, -0.2) is 59.3 Å². The number of methoxy groups -OCH3 is 2. The Labute approximate surface area is 237 Å². The van der Waals surface area contributed by atoms with E-state index in [1.807, 2.05) is 24.5 Å². The van der Waals surface area contributed by atoms with Gasteiger partial charge in [-0.25, -0.2) is 9.78 Å². The van der Waals surface area contributed by atoms with Crippen molar-refractivity contribution in [3.8, 4) is 34.4 Å². The normalized spacial score (nSPS) is 13.1. The lowest BCUT2D eigenvalue weighted by Crippen LogP contribution is -2.11. The number of carboxylic acid groups (broad SMARTS) is 2. The SMILES string of the molecule is CCC(C)c1ncc(C=C(Cc2cc3c(cc2OC)OCO3)C(=O)O)n1-c1ccc(OC)cc1OCCCC(=O)O. The molecule has 11 heteroatoms. The number of nitrogens with zero attached hydrogens (tertiary/aromatic N) is 2. The van der Waals surface area contributed by atoms with Gasteiger partial charge in [0, 0.05) is 42.0 Å². The average molecular weight is 567 g/mol. The van der Waals surface area contributed by atoms with Gasteiger partial charge in [-0.05, 0) is 37.1 Å². The van der Waals surface area contributed by atoms with E-state index in [2.05, 4.69) is 4.98 Å². The molecule has 1 aromatic heterocycles. The number of imidazole rings is 1. The second-order valence-corrected chi connectivity index (χ2v) is 9.53. The van der Waals surface area contributed by atoms with Gasteiger partial charge in [-0.15, -0.1) is 0 Å². The van der Waals surface area contributed by atoms with Gasteiger partial charge in [-0.1, -0.05) is 13.8 Å². The van der Waals surface area contributed by atoms with Crippen molar-refractivity contribution in [3.05, 3.63) is 59.2 Å². The van der Waals surface area contributed by atoms with Crippen LogP contribution in [0.15, 0.2) is 42.1 Å². The van der Waals surface area contributed by atoms with Crippen molar-refractivity contribution in [1.29, 1.82) is 0 Å². The van der Waals surface area contributed by atoms with Crippen LogP contribution in [0.4, 0.5) is 0 Å². The van der Waals surface area contributed by atoms with Crippen molar-refractivity contribution in [2.75, 3.05) is 27.6 Å². The highest BCUT2D eigenvalue weighted by Gasteiger charge is 2.23. The first-order valence-electron chi connectivity index (χ1n) is 13.3. The molecule has 4 rings (SSSR count). The Balaban J connectivity index is 1.79. The number of aromatic nitrogens is 2. The summed E-state index contributed by atoms with van der Waals surface area (Å²) in [5.74, 6) is 1.35. The number of fused-ring (bicyclic) bond motifs is 1. The Bertz CT molecular complexity index is 1440. The third-order valence-electron chi connectivity index (χ3n) is 6.82. The van der Waals surface area contributed by atoms with Crippen LogP contribution in [0.25, 0.3) is 11.8 Å². The molecule has 0 spiro atoms. The predicted octanol–water partition coefficient (Wildman–Crippen LogP) is 5.09. The highest BCUT2D eigenvalue weighted by molar-refractivity contribution is 5.92. The number of rotatable bonds is 14. The van der Waals surface area contributed by atoms with Gasteiger partial charge in [0.25, 0.3) is 0 Å². The number of hydrogen-bond donors (Lipinski definition) is 2. The van der Waals surface area contributed by atoms with Gasteiger partial charge >= 0.3 is 11.9 Å². The van der Waals surface area contributed by atoms with Crippen LogP contribution in [-0.2, 0) is 16.0 Å². The van der Waals surface area contributed by atoms with E-state index in [1.54, 1.807) is 43.6 Å². The third-order valence-corrected chi connectivity index (χ3v) is 6.82. The molecule has 218 valence electrons. The summed E-state index contributed by atoms with van der Waals surface area (Å²) in [6, 6.07) is 8.74. The smallest absolute Gasteiger partial charge is 0.331 e. The number of carboxylic acids is 2. The topological polar surface area (TPSA) is 139 Å². The van der Waals surface area contributed by atoms with Crippen LogP contribution in [0.2, 0.25) is 0 Å². The summed E-state index contributed by atoms with van der Waals surface area (Å²) >= 11 is 0. The highest BCUT2D eigenvalue weighted by atomic mass is 16.7. The van der Waals surface area contributed by atoms with E-state index < -0.39 is 11.9 Å². The molecule has 0 amide bonds. The molecule has 1 aliphatic heterocycles. The summed E-state index contributed by atoms with van der Waals surface area (Å²) < 4.78 is 29.7. The number of carbonyl (C=O) groups is 2. The Morgan fingerprint density at radius 1 is 1.10 bits per heavy atom. The zero-order valence-electron chi connectivity index (χ0n) is 23.5. The van der Waals surface area contributed by atoms with Gasteiger partial charge in [-0.3, -0.25) is 9.36 Å². The van der Waals surface area contributed by atoms with E-state index in [0.29, 0.717) is 52.1 Å². The minimum absolute atomic E-state index is 0.0260.